The van der Waals surface area contributed by atoms with Crippen molar-refractivity contribution in [2.24, 2.45) is 5.92 Å². The van der Waals surface area contributed by atoms with Crippen molar-refractivity contribution in [2.75, 3.05) is 46.6 Å². The van der Waals surface area contributed by atoms with E-state index in [1.54, 1.807) is 7.05 Å². The summed E-state index contributed by atoms with van der Waals surface area (Å²) in [4.78, 5) is 81.4. The van der Waals surface area contributed by atoms with E-state index in [0.29, 0.717) is 71.3 Å². The predicted octanol–water partition coefficient (Wildman–Crippen LogP) is 2.87. The number of Topliss-reactive ketones (excluding diaryl/α,β-unsaturated/α-hetero) is 2. The molecule has 0 aromatic rings. The number of aliphatic carboxylic acids is 3. The first kappa shape index (κ1) is 45.6. The molecule has 0 aliphatic rings. The minimum Gasteiger partial charge on any atom is -0.481 e. The Morgan fingerprint density at radius 2 is 1.12 bits per heavy atom. The Morgan fingerprint density at radius 1 is 0.531 bits per heavy atom. The van der Waals surface area contributed by atoms with Crippen LogP contribution in [0.1, 0.15) is 116 Å². The van der Waals surface area contributed by atoms with Gasteiger partial charge < -0.3 is 40.7 Å². The molecule has 0 rings (SSSR count). The Kier molecular flexibility index (Phi) is 28.5. The number of hydrogen-bond donors (Lipinski definition) is 6. The van der Waals surface area contributed by atoms with E-state index in [2.05, 4.69) is 16.0 Å². The number of unbranched alkanes of at least 4 members (excludes halogenated alkanes) is 6. The van der Waals surface area contributed by atoms with Gasteiger partial charge >= 0.3 is 17.9 Å². The van der Waals surface area contributed by atoms with Gasteiger partial charge in [-0.1, -0.05) is 25.7 Å². The molecule has 2 amide bonds. The number of carbonyl (C=O) groups excluding carboxylic acids is 4. The van der Waals surface area contributed by atoms with Crippen LogP contribution in [0, 0.1) is 5.92 Å². The summed E-state index contributed by atoms with van der Waals surface area (Å²) in [5.41, 5.74) is 0. The molecule has 2 atom stereocenters. The van der Waals surface area contributed by atoms with Crippen molar-refractivity contribution >= 4 is 41.3 Å². The van der Waals surface area contributed by atoms with Gasteiger partial charge in [-0.2, -0.15) is 0 Å². The van der Waals surface area contributed by atoms with E-state index in [4.69, 9.17) is 19.7 Å². The van der Waals surface area contributed by atoms with Gasteiger partial charge in [0, 0.05) is 64.6 Å². The number of hydrogen-bond acceptors (Lipinski definition) is 10. The summed E-state index contributed by atoms with van der Waals surface area (Å²) in [5, 5.41) is 35.1. The van der Waals surface area contributed by atoms with Crippen molar-refractivity contribution in [3.63, 3.8) is 0 Å². The van der Waals surface area contributed by atoms with E-state index in [-0.39, 0.29) is 75.1 Å². The molecule has 0 saturated carbocycles. The number of likely N-dealkylation sites (N-methyl/N-ethyl adjacent to an activating group) is 1. The highest BCUT2D eigenvalue weighted by molar-refractivity contribution is 5.87. The molecule has 0 heterocycles. The van der Waals surface area contributed by atoms with E-state index in [9.17, 15) is 38.7 Å². The molecule has 49 heavy (non-hydrogen) atoms. The van der Waals surface area contributed by atoms with Gasteiger partial charge in [-0.25, -0.2) is 0 Å². The minimum absolute atomic E-state index is 0.0139. The summed E-state index contributed by atoms with van der Waals surface area (Å²) in [6.07, 6.45) is 8.38. The molecule has 6 N–H and O–H groups in total. The molecule has 0 aromatic carbocycles. The summed E-state index contributed by atoms with van der Waals surface area (Å²) in [5.74, 6) is -4.77. The van der Waals surface area contributed by atoms with Crippen LogP contribution in [0.3, 0.4) is 0 Å². The van der Waals surface area contributed by atoms with Gasteiger partial charge in [0.15, 0.2) is 0 Å². The van der Waals surface area contributed by atoms with Gasteiger partial charge in [0.1, 0.15) is 17.6 Å². The van der Waals surface area contributed by atoms with Crippen LogP contribution in [0.15, 0.2) is 0 Å². The second-order valence-electron chi connectivity index (χ2n) is 12.1. The lowest BCUT2D eigenvalue weighted by molar-refractivity contribution is -0.144. The van der Waals surface area contributed by atoms with Crippen molar-refractivity contribution in [1.82, 2.24) is 16.0 Å². The number of ketones is 2. The summed E-state index contributed by atoms with van der Waals surface area (Å²) in [6.45, 7) is 1.97. The SMILES string of the molecule is CN[C@@H](CCCCNC(=O)CC[C@H](CC(=O)CCC(=O)NCCOCCOCCCC(=O)CCCCCCCCC(=O)O)C(=O)O)C(=O)O. The van der Waals surface area contributed by atoms with Crippen LogP contribution >= 0.6 is 0 Å². The third-order valence-electron chi connectivity index (χ3n) is 7.84. The molecule has 15 heteroatoms. The van der Waals surface area contributed by atoms with Crippen molar-refractivity contribution < 1.29 is 58.4 Å². The zero-order chi connectivity index (χ0) is 36.7. The highest BCUT2D eigenvalue weighted by atomic mass is 16.5. The smallest absolute Gasteiger partial charge is 0.320 e. The fourth-order valence-corrected chi connectivity index (χ4v) is 4.90. The van der Waals surface area contributed by atoms with Crippen LogP contribution in [-0.4, -0.2) is 109 Å². The van der Waals surface area contributed by atoms with Crippen LogP contribution in [0.25, 0.3) is 0 Å². The number of carbonyl (C=O) groups is 7. The van der Waals surface area contributed by atoms with Gasteiger partial charge in [0.05, 0.1) is 25.7 Å². The monoisotopic (exact) mass is 701 g/mol. The van der Waals surface area contributed by atoms with Crippen LogP contribution in [0.2, 0.25) is 0 Å². The molecule has 0 aliphatic carbocycles. The van der Waals surface area contributed by atoms with Crippen molar-refractivity contribution in [3.05, 3.63) is 0 Å². The Balaban J connectivity index is 3.79. The number of nitrogens with one attached hydrogen (secondary N) is 3. The molecule has 0 aliphatic heterocycles. The molecule has 282 valence electrons. The van der Waals surface area contributed by atoms with E-state index >= 15 is 0 Å². The molecule has 0 fully saturated rings. The van der Waals surface area contributed by atoms with Gasteiger partial charge in [-0.15, -0.1) is 0 Å². The maximum Gasteiger partial charge on any atom is 0.320 e. The number of amides is 2. The van der Waals surface area contributed by atoms with Crippen LogP contribution in [-0.2, 0) is 43.0 Å². The molecular formula is C34H59N3O12. The average molecular weight is 702 g/mol. The van der Waals surface area contributed by atoms with Gasteiger partial charge in [0.25, 0.3) is 0 Å². The van der Waals surface area contributed by atoms with E-state index in [1.807, 2.05) is 0 Å². The molecule has 0 radical (unpaired) electrons. The molecule has 0 aromatic heterocycles. The lowest BCUT2D eigenvalue weighted by Gasteiger charge is -2.12. The number of carboxylic acids is 3. The molecule has 0 bridgehead atoms. The summed E-state index contributed by atoms with van der Waals surface area (Å²) in [6, 6.07) is -0.647. The highest BCUT2D eigenvalue weighted by Gasteiger charge is 2.22. The van der Waals surface area contributed by atoms with E-state index in [0.717, 1.165) is 32.1 Å². The Hall–Kier alpha value is -3.43. The Morgan fingerprint density at radius 3 is 1.76 bits per heavy atom. The number of ether oxygens (including phenoxy) is 2. The predicted molar refractivity (Wildman–Crippen MR) is 180 cm³/mol. The highest BCUT2D eigenvalue weighted by Crippen LogP contribution is 2.15. The molecule has 0 saturated heterocycles. The van der Waals surface area contributed by atoms with Crippen LogP contribution in [0.4, 0.5) is 0 Å². The van der Waals surface area contributed by atoms with E-state index in [1.165, 1.54) is 0 Å². The molecular weight excluding hydrogens is 642 g/mol. The molecule has 15 nitrogen and oxygen atoms in total. The fraction of sp³-hybridized carbons (Fsp3) is 0.794. The first-order valence-corrected chi connectivity index (χ1v) is 17.5. The minimum atomic E-state index is -1.18. The van der Waals surface area contributed by atoms with Gasteiger partial charge in [-0.3, -0.25) is 33.6 Å². The lowest BCUT2D eigenvalue weighted by atomic mass is 9.95. The standard InChI is InChI=1S/C34H59N3O12/c1-35-29(34(46)47)13-8-9-19-36-30(40)17-15-26(33(44)45)25-28(39)16-18-31(41)37-20-22-49-24-23-48-21-10-12-27(38)11-6-4-2-3-5-7-14-32(42)43/h26,29,35H,2-25H2,1H3,(H,36,40)(H,37,41)(H,42,43)(H,44,45)(H,46,47)/t26-,29+/m1/s1. The number of carboxylic acid groups (broad SMARTS) is 3. The van der Waals surface area contributed by atoms with Crippen LogP contribution in [0.5, 0.6) is 0 Å². The van der Waals surface area contributed by atoms with Crippen molar-refractivity contribution in [1.29, 1.82) is 0 Å². The number of rotatable bonds is 35. The first-order chi connectivity index (χ1) is 23.5. The van der Waals surface area contributed by atoms with Gasteiger partial charge in [0.2, 0.25) is 11.8 Å². The topological polar surface area (TPSA) is 235 Å². The summed E-state index contributed by atoms with van der Waals surface area (Å²) >= 11 is 0. The summed E-state index contributed by atoms with van der Waals surface area (Å²) < 4.78 is 10.9. The third kappa shape index (κ3) is 29.2. The van der Waals surface area contributed by atoms with Crippen molar-refractivity contribution in [2.45, 2.75) is 122 Å². The molecule has 0 unspecified atom stereocenters. The van der Waals surface area contributed by atoms with Crippen molar-refractivity contribution in [3.8, 4) is 0 Å². The van der Waals surface area contributed by atoms with Crippen LogP contribution < -0.4 is 16.0 Å². The maximum atomic E-state index is 12.3. The molecule has 0 spiro atoms. The largest absolute Gasteiger partial charge is 0.481 e. The Labute approximate surface area is 289 Å². The first-order valence-electron chi connectivity index (χ1n) is 17.5. The normalized spacial score (nSPS) is 12.2. The quantitative estimate of drug-likeness (QED) is 0.0522. The zero-order valence-corrected chi connectivity index (χ0v) is 29.1. The summed E-state index contributed by atoms with van der Waals surface area (Å²) in [7, 11) is 1.57. The lowest BCUT2D eigenvalue weighted by Crippen LogP contribution is -2.34. The van der Waals surface area contributed by atoms with Gasteiger partial charge in [-0.05, 0) is 52.0 Å². The fourth-order valence-electron chi connectivity index (χ4n) is 4.90. The second-order valence-corrected chi connectivity index (χ2v) is 12.1. The average Bonchev–Trinajstić information content (AvgIpc) is 3.05. The zero-order valence-electron chi connectivity index (χ0n) is 29.1. The maximum absolute atomic E-state index is 12.3. The van der Waals surface area contributed by atoms with E-state index < -0.39 is 29.9 Å². The Bertz CT molecular complexity index is 991. The third-order valence-corrected chi connectivity index (χ3v) is 7.84. The second kappa shape index (κ2) is 30.6.